The summed E-state index contributed by atoms with van der Waals surface area (Å²) in [6.07, 6.45) is 57.0. The summed E-state index contributed by atoms with van der Waals surface area (Å²) < 4.78 is 10.6. The summed E-state index contributed by atoms with van der Waals surface area (Å²) in [5.41, 5.74) is 0. The molecule has 5 heteroatoms. The maximum Gasteiger partial charge on any atom is 0.306 e. The molecular weight excluding hydrogens is 645 g/mol. The van der Waals surface area contributed by atoms with Crippen molar-refractivity contribution >= 4 is 11.9 Å². The molecule has 0 amide bonds. The van der Waals surface area contributed by atoms with E-state index in [1.807, 2.05) is 12.2 Å². The van der Waals surface area contributed by atoms with Gasteiger partial charge in [0.25, 0.3) is 0 Å². The molecule has 0 radical (unpaired) electrons. The first kappa shape index (κ1) is 49.3. The number of rotatable bonds is 38. The van der Waals surface area contributed by atoms with Crippen molar-refractivity contribution in [2.24, 2.45) is 0 Å². The van der Waals surface area contributed by atoms with Crippen molar-refractivity contribution in [2.45, 2.75) is 200 Å². The highest BCUT2D eigenvalue weighted by atomic mass is 16.6. The molecule has 1 N–H and O–H groups in total. The van der Waals surface area contributed by atoms with Crippen LogP contribution in [0.25, 0.3) is 0 Å². The van der Waals surface area contributed by atoms with Crippen LogP contribution >= 0.6 is 0 Å². The van der Waals surface area contributed by atoms with Crippen molar-refractivity contribution < 1.29 is 24.2 Å². The zero-order valence-corrected chi connectivity index (χ0v) is 33.8. The highest BCUT2D eigenvalue weighted by Crippen LogP contribution is 2.15. The number of esters is 2. The van der Waals surface area contributed by atoms with Crippen LogP contribution in [0.2, 0.25) is 0 Å². The molecule has 0 aromatic carbocycles. The number of carbonyl (C=O) groups excluding carboxylic acids is 2. The van der Waals surface area contributed by atoms with Crippen molar-refractivity contribution in [1.82, 2.24) is 0 Å². The first-order valence-electron chi connectivity index (χ1n) is 21.5. The molecule has 0 aliphatic rings. The molecule has 0 rings (SSSR count). The van der Waals surface area contributed by atoms with E-state index < -0.39 is 12.1 Å². The van der Waals surface area contributed by atoms with Crippen molar-refractivity contribution in [1.29, 1.82) is 0 Å². The third-order valence-electron chi connectivity index (χ3n) is 9.03. The number of unbranched alkanes of at least 4 members (excludes halogenated alkanes) is 18. The fourth-order valence-corrected chi connectivity index (χ4v) is 5.82. The van der Waals surface area contributed by atoms with Crippen molar-refractivity contribution in [2.75, 3.05) is 13.2 Å². The monoisotopic (exact) mass is 725 g/mol. The van der Waals surface area contributed by atoms with Crippen LogP contribution in [-0.2, 0) is 19.1 Å². The average molecular weight is 725 g/mol. The SMILES string of the molecule is CC/C=C\C/C=C\C/C=C\C/C=C\C/C=C\C/C=C\CCC(=O)O[C@@H](CO)COC(=O)CCCCCCCCCCCCCCCCCCCCC. The smallest absolute Gasteiger partial charge is 0.306 e. The lowest BCUT2D eigenvalue weighted by Crippen LogP contribution is -2.28. The van der Waals surface area contributed by atoms with Gasteiger partial charge < -0.3 is 14.6 Å². The van der Waals surface area contributed by atoms with Crippen LogP contribution < -0.4 is 0 Å². The summed E-state index contributed by atoms with van der Waals surface area (Å²) in [5.74, 6) is -0.687. The third-order valence-corrected chi connectivity index (χ3v) is 9.03. The Morgan fingerprint density at radius 1 is 0.462 bits per heavy atom. The van der Waals surface area contributed by atoms with Gasteiger partial charge in [-0.15, -0.1) is 0 Å². The summed E-state index contributed by atoms with van der Waals surface area (Å²) >= 11 is 0. The van der Waals surface area contributed by atoms with E-state index in [2.05, 4.69) is 74.6 Å². The summed E-state index contributed by atoms with van der Waals surface area (Å²) in [6.45, 7) is 3.97. The van der Waals surface area contributed by atoms with E-state index in [4.69, 9.17) is 9.47 Å². The maximum atomic E-state index is 12.2. The topological polar surface area (TPSA) is 72.8 Å². The van der Waals surface area contributed by atoms with E-state index >= 15 is 0 Å². The van der Waals surface area contributed by atoms with Gasteiger partial charge in [0.15, 0.2) is 6.10 Å². The Morgan fingerprint density at radius 3 is 1.21 bits per heavy atom. The van der Waals surface area contributed by atoms with Crippen molar-refractivity contribution in [3.63, 3.8) is 0 Å². The van der Waals surface area contributed by atoms with Crippen LogP contribution in [-0.4, -0.2) is 36.4 Å². The quantitative estimate of drug-likeness (QED) is 0.0390. The molecule has 0 aliphatic carbocycles. The lowest BCUT2D eigenvalue weighted by Gasteiger charge is -2.15. The van der Waals surface area contributed by atoms with Gasteiger partial charge in [0.1, 0.15) is 6.61 Å². The zero-order chi connectivity index (χ0) is 37.8. The van der Waals surface area contributed by atoms with Gasteiger partial charge in [0, 0.05) is 12.8 Å². The third kappa shape index (κ3) is 40.1. The number of carbonyl (C=O) groups is 2. The second kappa shape index (κ2) is 42.8. The molecule has 0 spiro atoms. The van der Waals surface area contributed by atoms with Crippen LogP contribution in [0.15, 0.2) is 72.9 Å². The number of aliphatic hydroxyl groups excluding tert-OH is 1. The molecule has 0 fully saturated rings. The standard InChI is InChI=1S/C47H80O5/c1-3-5-7-9-11-13-15-17-19-21-23-25-27-29-31-33-35-37-39-41-46(49)51-44-45(43-48)52-47(50)42-40-38-36-34-32-30-28-26-24-22-20-18-16-14-12-10-8-6-4-2/h6,8,12,14,18,20,24,26,30,32,36,38,45,48H,3-5,7,9-11,13,15-17,19,21-23,25,27-29,31,33-35,37,39-44H2,1-2H3/b8-6-,14-12-,20-18-,26-24-,32-30-,38-36-/t45-/m0/s1. The van der Waals surface area contributed by atoms with Crippen LogP contribution in [0, 0.1) is 0 Å². The van der Waals surface area contributed by atoms with E-state index in [9.17, 15) is 14.7 Å². The number of allylic oxidation sites excluding steroid dienone is 12. The predicted molar refractivity (Wildman–Crippen MR) is 223 cm³/mol. The molecule has 298 valence electrons. The summed E-state index contributed by atoms with van der Waals surface area (Å²) in [6, 6.07) is 0. The second-order valence-corrected chi connectivity index (χ2v) is 14.0. The molecular formula is C47H80O5. The van der Waals surface area contributed by atoms with Crippen LogP contribution in [0.1, 0.15) is 194 Å². The molecule has 0 heterocycles. The fourth-order valence-electron chi connectivity index (χ4n) is 5.82. The highest BCUT2D eigenvalue weighted by Gasteiger charge is 2.15. The molecule has 0 aromatic heterocycles. The number of hydrogen-bond donors (Lipinski definition) is 1. The fraction of sp³-hybridized carbons (Fsp3) is 0.702. The largest absolute Gasteiger partial charge is 0.462 e. The minimum Gasteiger partial charge on any atom is -0.462 e. The zero-order valence-electron chi connectivity index (χ0n) is 33.8. The molecule has 52 heavy (non-hydrogen) atoms. The molecule has 0 bridgehead atoms. The number of aliphatic hydroxyl groups is 1. The van der Waals surface area contributed by atoms with Crippen LogP contribution in [0.4, 0.5) is 0 Å². The Hall–Kier alpha value is -2.66. The van der Waals surface area contributed by atoms with Gasteiger partial charge in [0.05, 0.1) is 6.61 Å². The Kier molecular flexibility index (Phi) is 40.6. The van der Waals surface area contributed by atoms with Gasteiger partial charge in [-0.25, -0.2) is 0 Å². The Morgan fingerprint density at radius 2 is 0.827 bits per heavy atom. The summed E-state index contributed by atoms with van der Waals surface area (Å²) in [5, 5.41) is 9.56. The molecule has 0 saturated heterocycles. The van der Waals surface area contributed by atoms with Crippen LogP contribution in [0.5, 0.6) is 0 Å². The van der Waals surface area contributed by atoms with E-state index in [0.29, 0.717) is 12.8 Å². The maximum absolute atomic E-state index is 12.2. The summed E-state index contributed by atoms with van der Waals surface area (Å²) in [4.78, 5) is 24.3. The van der Waals surface area contributed by atoms with E-state index in [1.54, 1.807) is 0 Å². The average Bonchev–Trinajstić information content (AvgIpc) is 3.15. The van der Waals surface area contributed by atoms with Gasteiger partial charge in [-0.3, -0.25) is 9.59 Å². The first-order valence-corrected chi connectivity index (χ1v) is 21.5. The number of hydrogen-bond acceptors (Lipinski definition) is 5. The Labute approximate surface area is 321 Å². The van der Waals surface area contributed by atoms with E-state index in [-0.39, 0.29) is 25.6 Å². The van der Waals surface area contributed by atoms with Crippen molar-refractivity contribution in [3.05, 3.63) is 72.9 Å². The summed E-state index contributed by atoms with van der Waals surface area (Å²) in [7, 11) is 0. The molecule has 5 nitrogen and oxygen atoms in total. The normalized spacial score (nSPS) is 12.9. The van der Waals surface area contributed by atoms with E-state index in [1.165, 1.54) is 103 Å². The van der Waals surface area contributed by atoms with Gasteiger partial charge in [-0.05, 0) is 51.4 Å². The van der Waals surface area contributed by atoms with Gasteiger partial charge in [-0.2, -0.15) is 0 Å². The Bertz CT molecular complexity index is 957. The molecule has 1 atom stereocenters. The van der Waals surface area contributed by atoms with Crippen LogP contribution in [0.3, 0.4) is 0 Å². The molecule has 0 saturated carbocycles. The molecule has 0 unspecified atom stereocenters. The molecule has 0 aromatic rings. The van der Waals surface area contributed by atoms with Crippen molar-refractivity contribution in [3.8, 4) is 0 Å². The lowest BCUT2D eigenvalue weighted by atomic mass is 10.0. The molecule has 0 aliphatic heterocycles. The Balaban J connectivity index is 3.65. The predicted octanol–water partition coefficient (Wildman–Crippen LogP) is 13.7. The van der Waals surface area contributed by atoms with Gasteiger partial charge in [-0.1, -0.05) is 202 Å². The van der Waals surface area contributed by atoms with Gasteiger partial charge in [0.2, 0.25) is 0 Å². The minimum absolute atomic E-state index is 0.0971. The van der Waals surface area contributed by atoms with Gasteiger partial charge >= 0.3 is 11.9 Å². The highest BCUT2D eigenvalue weighted by molar-refractivity contribution is 5.70. The van der Waals surface area contributed by atoms with E-state index in [0.717, 1.165) is 57.8 Å². The lowest BCUT2D eigenvalue weighted by molar-refractivity contribution is -0.161. The first-order chi connectivity index (χ1) is 25.6. The second-order valence-electron chi connectivity index (χ2n) is 14.0. The minimum atomic E-state index is -0.813. The number of ether oxygens (including phenoxy) is 2.